The molecule has 0 spiro atoms. The van der Waals surface area contributed by atoms with Crippen molar-refractivity contribution in [2.24, 2.45) is 0 Å². The summed E-state index contributed by atoms with van der Waals surface area (Å²) in [5, 5.41) is 2.83. The summed E-state index contributed by atoms with van der Waals surface area (Å²) in [6, 6.07) is 7.70. The lowest BCUT2D eigenvalue weighted by atomic mass is 10.1. The van der Waals surface area contributed by atoms with Crippen molar-refractivity contribution >= 4 is 17.0 Å². The number of hydrogen-bond donors (Lipinski definition) is 1. The number of nitrogens with zero attached hydrogens (tertiary/aromatic N) is 3. The maximum absolute atomic E-state index is 5.94. The molecular formula is C13H10N4S. The molecule has 0 aliphatic rings. The fourth-order valence-corrected chi connectivity index (χ4v) is 2.44. The predicted molar refractivity (Wildman–Crippen MR) is 73.0 cm³/mol. The van der Waals surface area contributed by atoms with E-state index in [0.717, 1.165) is 27.6 Å². The number of rotatable bonds is 2. The summed E-state index contributed by atoms with van der Waals surface area (Å²) in [5.41, 5.74) is 9.27. The van der Waals surface area contributed by atoms with E-state index in [1.54, 1.807) is 18.6 Å². The van der Waals surface area contributed by atoms with E-state index in [1.807, 2.05) is 29.6 Å². The Morgan fingerprint density at radius 3 is 2.72 bits per heavy atom. The van der Waals surface area contributed by atoms with Crippen LogP contribution in [-0.2, 0) is 0 Å². The third-order valence-corrected chi connectivity index (χ3v) is 3.39. The summed E-state index contributed by atoms with van der Waals surface area (Å²) in [5.74, 6) is 0. The van der Waals surface area contributed by atoms with Crippen LogP contribution >= 0.6 is 11.3 Å². The van der Waals surface area contributed by atoms with E-state index < -0.39 is 0 Å². The number of para-hydroxylation sites is 1. The molecule has 3 aromatic rings. The number of benzene rings is 1. The van der Waals surface area contributed by atoms with Gasteiger partial charge in [0, 0.05) is 29.0 Å². The molecule has 0 amide bonds. The Morgan fingerprint density at radius 2 is 1.94 bits per heavy atom. The molecule has 0 bridgehead atoms. The second-order valence-corrected chi connectivity index (χ2v) is 4.57. The van der Waals surface area contributed by atoms with Gasteiger partial charge in [0.2, 0.25) is 0 Å². The van der Waals surface area contributed by atoms with Gasteiger partial charge in [-0.2, -0.15) is 0 Å². The number of aromatic nitrogens is 3. The molecule has 4 nitrogen and oxygen atoms in total. The summed E-state index contributed by atoms with van der Waals surface area (Å²) in [6.45, 7) is 0. The van der Waals surface area contributed by atoms with E-state index >= 15 is 0 Å². The minimum Gasteiger partial charge on any atom is -0.398 e. The topological polar surface area (TPSA) is 64.7 Å². The van der Waals surface area contributed by atoms with Gasteiger partial charge >= 0.3 is 0 Å². The number of hydrogen-bond acceptors (Lipinski definition) is 5. The fraction of sp³-hybridized carbons (Fsp3) is 0. The third-order valence-electron chi connectivity index (χ3n) is 2.52. The summed E-state index contributed by atoms with van der Waals surface area (Å²) >= 11 is 1.54. The Kier molecular flexibility index (Phi) is 2.74. The molecule has 1 aromatic carbocycles. The van der Waals surface area contributed by atoms with E-state index in [2.05, 4.69) is 15.0 Å². The quantitative estimate of drug-likeness (QED) is 0.714. The highest BCUT2D eigenvalue weighted by Crippen LogP contribution is 2.30. The monoisotopic (exact) mass is 254 g/mol. The summed E-state index contributed by atoms with van der Waals surface area (Å²) in [7, 11) is 0. The van der Waals surface area contributed by atoms with Crippen LogP contribution in [0.4, 0.5) is 5.69 Å². The highest BCUT2D eigenvalue weighted by molar-refractivity contribution is 7.13. The first-order chi connectivity index (χ1) is 8.84. The Hall–Kier alpha value is -2.27. The Labute approximate surface area is 108 Å². The third kappa shape index (κ3) is 1.96. The summed E-state index contributed by atoms with van der Waals surface area (Å²) < 4.78 is 0. The van der Waals surface area contributed by atoms with Crippen molar-refractivity contribution < 1.29 is 0 Å². The van der Waals surface area contributed by atoms with E-state index in [0.29, 0.717) is 0 Å². The lowest BCUT2D eigenvalue weighted by Crippen LogP contribution is -1.89. The molecule has 2 heterocycles. The van der Waals surface area contributed by atoms with Crippen LogP contribution in [0.1, 0.15) is 0 Å². The average Bonchev–Trinajstić information content (AvgIpc) is 2.90. The highest BCUT2D eigenvalue weighted by atomic mass is 32.1. The summed E-state index contributed by atoms with van der Waals surface area (Å²) in [4.78, 5) is 12.8. The largest absolute Gasteiger partial charge is 0.398 e. The Balaban J connectivity index is 2.03. The second-order valence-electron chi connectivity index (χ2n) is 3.72. The highest BCUT2D eigenvalue weighted by Gasteiger charge is 2.09. The normalized spacial score (nSPS) is 10.4. The van der Waals surface area contributed by atoms with Crippen LogP contribution in [0.15, 0.2) is 48.2 Å². The van der Waals surface area contributed by atoms with Gasteiger partial charge in [-0.25, -0.2) is 4.98 Å². The SMILES string of the molecule is Nc1ccccc1-c1csc(-c2cnccn2)n1. The fourth-order valence-electron chi connectivity index (χ4n) is 1.65. The van der Waals surface area contributed by atoms with Gasteiger partial charge in [0.15, 0.2) is 0 Å². The maximum atomic E-state index is 5.94. The number of thiazole rings is 1. The maximum Gasteiger partial charge on any atom is 0.144 e. The molecule has 2 N–H and O–H groups in total. The molecule has 2 aromatic heterocycles. The second kappa shape index (κ2) is 4.54. The molecule has 0 radical (unpaired) electrons. The van der Waals surface area contributed by atoms with Crippen LogP contribution in [-0.4, -0.2) is 15.0 Å². The molecule has 0 unspecified atom stereocenters. The van der Waals surface area contributed by atoms with E-state index in [9.17, 15) is 0 Å². The van der Waals surface area contributed by atoms with Crippen LogP contribution < -0.4 is 5.73 Å². The molecule has 88 valence electrons. The van der Waals surface area contributed by atoms with Crippen molar-refractivity contribution in [1.29, 1.82) is 0 Å². The van der Waals surface area contributed by atoms with E-state index in [-0.39, 0.29) is 0 Å². The lowest BCUT2D eigenvalue weighted by molar-refractivity contribution is 1.19. The van der Waals surface area contributed by atoms with E-state index in [1.165, 1.54) is 11.3 Å². The minimum absolute atomic E-state index is 0.730. The van der Waals surface area contributed by atoms with Gasteiger partial charge in [-0.3, -0.25) is 9.97 Å². The van der Waals surface area contributed by atoms with Crippen molar-refractivity contribution in [2.45, 2.75) is 0 Å². The zero-order valence-corrected chi connectivity index (χ0v) is 10.3. The van der Waals surface area contributed by atoms with Crippen LogP contribution in [0.2, 0.25) is 0 Å². The molecule has 0 aliphatic carbocycles. The van der Waals surface area contributed by atoms with E-state index in [4.69, 9.17) is 5.73 Å². The van der Waals surface area contributed by atoms with Crippen molar-refractivity contribution in [3.63, 3.8) is 0 Å². The molecule has 0 fully saturated rings. The first-order valence-corrected chi connectivity index (χ1v) is 6.29. The van der Waals surface area contributed by atoms with Crippen molar-refractivity contribution in [3.05, 3.63) is 48.2 Å². The molecular weight excluding hydrogens is 244 g/mol. The average molecular weight is 254 g/mol. The Bertz CT molecular complexity index is 664. The van der Waals surface area contributed by atoms with Crippen LogP contribution in [0, 0.1) is 0 Å². The standard InChI is InChI=1S/C13H10N4S/c14-10-4-2-1-3-9(10)12-8-18-13(17-12)11-7-15-5-6-16-11/h1-8H,14H2. The molecule has 0 saturated heterocycles. The van der Waals surface area contributed by atoms with Crippen molar-refractivity contribution in [3.8, 4) is 22.0 Å². The van der Waals surface area contributed by atoms with Gasteiger partial charge < -0.3 is 5.73 Å². The molecule has 18 heavy (non-hydrogen) atoms. The Morgan fingerprint density at radius 1 is 1.06 bits per heavy atom. The van der Waals surface area contributed by atoms with Crippen LogP contribution in [0.3, 0.4) is 0 Å². The molecule has 0 aliphatic heterocycles. The van der Waals surface area contributed by atoms with Gasteiger partial charge in [0.25, 0.3) is 0 Å². The van der Waals surface area contributed by atoms with Gasteiger partial charge in [-0.05, 0) is 6.07 Å². The molecule has 5 heteroatoms. The van der Waals surface area contributed by atoms with Crippen LogP contribution in [0.5, 0.6) is 0 Å². The molecule has 0 atom stereocenters. The van der Waals surface area contributed by atoms with Gasteiger partial charge in [0.05, 0.1) is 11.9 Å². The van der Waals surface area contributed by atoms with Crippen molar-refractivity contribution in [1.82, 2.24) is 15.0 Å². The summed E-state index contributed by atoms with van der Waals surface area (Å²) in [6.07, 6.45) is 5.01. The first-order valence-electron chi connectivity index (χ1n) is 5.41. The van der Waals surface area contributed by atoms with Gasteiger partial charge in [0.1, 0.15) is 10.7 Å². The molecule has 3 rings (SSSR count). The number of nitrogens with two attached hydrogens (primary N) is 1. The zero-order valence-electron chi connectivity index (χ0n) is 9.45. The minimum atomic E-state index is 0.730. The zero-order chi connectivity index (χ0) is 12.4. The first kappa shape index (κ1) is 10.9. The lowest BCUT2D eigenvalue weighted by Gasteiger charge is -2.00. The predicted octanol–water partition coefficient (Wildman–Crippen LogP) is 2.85. The van der Waals surface area contributed by atoms with Gasteiger partial charge in [-0.1, -0.05) is 18.2 Å². The number of anilines is 1. The molecule has 0 saturated carbocycles. The number of nitrogen functional groups attached to an aromatic ring is 1. The smallest absolute Gasteiger partial charge is 0.144 e. The van der Waals surface area contributed by atoms with Gasteiger partial charge in [-0.15, -0.1) is 11.3 Å². The van der Waals surface area contributed by atoms with Crippen molar-refractivity contribution in [2.75, 3.05) is 5.73 Å². The van der Waals surface area contributed by atoms with Crippen LogP contribution in [0.25, 0.3) is 22.0 Å².